The van der Waals surface area contributed by atoms with E-state index in [2.05, 4.69) is 6.08 Å². The first-order valence-corrected chi connectivity index (χ1v) is 9.55. The number of carbonyl (C=O) groups excluding carboxylic acids is 1. The van der Waals surface area contributed by atoms with Crippen molar-refractivity contribution >= 4 is 27.3 Å². The number of methoxy groups -OCH3 is 1. The summed E-state index contributed by atoms with van der Waals surface area (Å²) in [7, 11) is -1.97. The van der Waals surface area contributed by atoms with Crippen molar-refractivity contribution in [3.63, 3.8) is 0 Å². The topological polar surface area (TPSA) is 63.7 Å². The second-order valence-corrected chi connectivity index (χ2v) is 7.99. The highest BCUT2D eigenvalue weighted by Gasteiger charge is 2.27. The van der Waals surface area contributed by atoms with Gasteiger partial charge in [-0.05, 0) is 61.4 Å². The number of sulfonamides is 1. The van der Waals surface area contributed by atoms with Crippen LogP contribution in [0.3, 0.4) is 0 Å². The maximum Gasteiger partial charge on any atom is 0.337 e. The van der Waals surface area contributed by atoms with Gasteiger partial charge in [0.2, 0.25) is 10.0 Å². The minimum Gasteiger partial charge on any atom is -0.465 e. The Labute approximate surface area is 137 Å². The van der Waals surface area contributed by atoms with Gasteiger partial charge in [0.05, 0.1) is 24.1 Å². The number of hydrogen-bond donors (Lipinski definition) is 0. The van der Waals surface area contributed by atoms with Gasteiger partial charge in [0.25, 0.3) is 0 Å². The monoisotopic (exact) mass is 335 g/mol. The molecule has 0 unspecified atom stereocenters. The summed E-state index contributed by atoms with van der Waals surface area (Å²) >= 11 is 0. The Bertz CT molecular complexity index is 752. The Morgan fingerprint density at radius 2 is 2.00 bits per heavy atom. The Morgan fingerprint density at radius 3 is 2.65 bits per heavy atom. The Kier molecular flexibility index (Phi) is 4.43. The van der Waals surface area contributed by atoms with Gasteiger partial charge < -0.3 is 4.74 Å². The molecule has 0 saturated carbocycles. The zero-order chi connectivity index (χ0) is 16.4. The molecule has 0 N–H and O–H groups in total. The van der Waals surface area contributed by atoms with E-state index in [1.54, 1.807) is 12.1 Å². The van der Waals surface area contributed by atoms with Gasteiger partial charge >= 0.3 is 5.97 Å². The molecule has 1 saturated heterocycles. The summed E-state index contributed by atoms with van der Waals surface area (Å²) in [5.41, 5.74) is 3.05. The number of ether oxygens (including phenoxy) is 1. The zero-order valence-corrected chi connectivity index (χ0v) is 14.1. The number of allylic oxidation sites excluding steroid dienone is 2. The van der Waals surface area contributed by atoms with Gasteiger partial charge in [-0.3, -0.25) is 4.31 Å². The Balaban J connectivity index is 2.08. The highest BCUT2D eigenvalue weighted by Crippen LogP contribution is 2.33. The number of hydrogen-bond acceptors (Lipinski definition) is 4. The molecule has 0 aromatic heterocycles. The van der Waals surface area contributed by atoms with Gasteiger partial charge in [0.15, 0.2) is 0 Å². The zero-order valence-electron chi connectivity index (χ0n) is 13.2. The summed E-state index contributed by atoms with van der Waals surface area (Å²) in [4.78, 5) is 12.0. The lowest BCUT2D eigenvalue weighted by Crippen LogP contribution is -2.38. The molecule has 0 spiro atoms. The van der Waals surface area contributed by atoms with Gasteiger partial charge in [-0.15, -0.1) is 0 Å². The van der Waals surface area contributed by atoms with E-state index in [0.717, 1.165) is 31.2 Å². The van der Waals surface area contributed by atoms with Gasteiger partial charge in [-0.2, -0.15) is 0 Å². The van der Waals surface area contributed by atoms with Gasteiger partial charge in [0.1, 0.15) is 0 Å². The minimum absolute atomic E-state index is 0.160. The van der Waals surface area contributed by atoms with Crippen LogP contribution < -0.4 is 4.31 Å². The van der Waals surface area contributed by atoms with Crippen LogP contribution in [0.1, 0.15) is 48.0 Å². The van der Waals surface area contributed by atoms with Crippen molar-refractivity contribution in [1.82, 2.24) is 0 Å². The molecule has 1 aromatic carbocycles. The predicted molar refractivity (Wildman–Crippen MR) is 90.0 cm³/mol. The third kappa shape index (κ3) is 3.27. The molecule has 124 valence electrons. The molecule has 5 nitrogen and oxygen atoms in total. The summed E-state index contributed by atoms with van der Waals surface area (Å²) in [6, 6.07) is 5.29. The average Bonchev–Trinajstić information content (AvgIpc) is 3.07. The van der Waals surface area contributed by atoms with E-state index in [4.69, 9.17) is 4.74 Å². The molecule has 2 aliphatic rings. The first kappa shape index (κ1) is 16.1. The second kappa shape index (κ2) is 6.35. The van der Waals surface area contributed by atoms with Crippen LogP contribution in [-0.4, -0.2) is 33.8 Å². The molecule has 1 heterocycles. The maximum atomic E-state index is 12.4. The van der Waals surface area contributed by atoms with Crippen LogP contribution in [0.25, 0.3) is 5.57 Å². The van der Waals surface area contributed by atoms with Crippen molar-refractivity contribution in [2.24, 2.45) is 0 Å². The van der Waals surface area contributed by atoms with Gasteiger partial charge in [-0.25, -0.2) is 13.2 Å². The average molecular weight is 335 g/mol. The molecule has 1 aromatic rings. The lowest BCUT2D eigenvalue weighted by molar-refractivity contribution is 0.0600. The van der Waals surface area contributed by atoms with E-state index in [1.807, 2.05) is 6.07 Å². The van der Waals surface area contributed by atoms with Crippen molar-refractivity contribution in [1.29, 1.82) is 0 Å². The largest absolute Gasteiger partial charge is 0.465 e. The smallest absolute Gasteiger partial charge is 0.337 e. The van der Waals surface area contributed by atoms with Crippen LogP contribution in [0, 0.1) is 0 Å². The lowest BCUT2D eigenvalue weighted by atomic mass is 10.0. The van der Waals surface area contributed by atoms with Crippen LogP contribution in [0.2, 0.25) is 0 Å². The van der Waals surface area contributed by atoms with Crippen LogP contribution >= 0.6 is 0 Å². The third-order valence-electron chi connectivity index (χ3n) is 4.39. The molecule has 1 aliphatic heterocycles. The van der Waals surface area contributed by atoms with Crippen LogP contribution in [-0.2, 0) is 14.8 Å². The van der Waals surface area contributed by atoms with Crippen molar-refractivity contribution in [2.45, 2.75) is 32.1 Å². The van der Waals surface area contributed by atoms with E-state index >= 15 is 0 Å². The number of nitrogens with zero attached hydrogens (tertiary/aromatic N) is 1. The molecule has 0 bridgehead atoms. The Hall–Kier alpha value is -1.82. The number of anilines is 1. The highest BCUT2D eigenvalue weighted by molar-refractivity contribution is 7.92. The molecule has 1 fully saturated rings. The standard InChI is InChI=1S/C17H21NO4S/c1-22-17(19)15-10-14(13-6-2-3-7-13)11-16(12-15)18-8-4-5-9-23(18,20)21/h6,10-12H,2-5,7-9H2,1H3. The molecule has 1 aliphatic carbocycles. The fourth-order valence-corrected chi connectivity index (χ4v) is 4.81. The predicted octanol–water partition coefficient (Wildman–Crippen LogP) is 2.97. The lowest BCUT2D eigenvalue weighted by Gasteiger charge is -2.29. The summed E-state index contributed by atoms with van der Waals surface area (Å²) < 4.78 is 31.0. The van der Waals surface area contributed by atoms with Crippen LogP contribution in [0.4, 0.5) is 5.69 Å². The second-order valence-electron chi connectivity index (χ2n) is 5.98. The fourth-order valence-electron chi connectivity index (χ4n) is 3.19. The minimum atomic E-state index is -3.30. The molecule has 23 heavy (non-hydrogen) atoms. The third-order valence-corrected chi connectivity index (χ3v) is 6.26. The number of benzene rings is 1. The number of carbonyl (C=O) groups is 1. The SMILES string of the molecule is COC(=O)c1cc(C2=CCCC2)cc(N2CCCCS2(=O)=O)c1. The molecule has 6 heteroatoms. The molecule has 3 rings (SSSR count). The first-order chi connectivity index (χ1) is 11.0. The van der Waals surface area contributed by atoms with Crippen molar-refractivity contribution < 1.29 is 17.9 Å². The molecular weight excluding hydrogens is 314 g/mol. The van der Waals surface area contributed by atoms with E-state index < -0.39 is 16.0 Å². The van der Waals surface area contributed by atoms with E-state index in [1.165, 1.54) is 17.0 Å². The normalized spacial score (nSPS) is 20.2. The summed E-state index contributed by atoms with van der Waals surface area (Å²) in [6.45, 7) is 0.464. The molecular formula is C17H21NO4S. The van der Waals surface area contributed by atoms with Crippen molar-refractivity contribution in [3.8, 4) is 0 Å². The summed E-state index contributed by atoms with van der Waals surface area (Å²) in [5.74, 6) is -0.283. The quantitative estimate of drug-likeness (QED) is 0.797. The summed E-state index contributed by atoms with van der Waals surface area (Å²) in [6.07, 6.45) is 6.75. The van der Waals surface area contributed by atoms with Crippen LogP contribution in [0.15, 0.2) is 24.3 Å². The van der Waals surface area contributed by atoms with Crippen molar-refractivity contribution in [2.75, 3.05) is 23.7 Å². The molecule has 0 radical (unpaired) electrons. The van der Waals surface area contributed by atoms with Crippen LogP contribution in [0.5, 0.6) is 0 Å². The van der Waals surface area contributed by atoms with E-state index in [-0.39, 0.29) is 5.75 Å². The summed E-state index contributed by atoms with van der Waals surface area (Å²) in [5, 5.41) is 0. The molecule has 0 atom stereocenters. The van der Waals surface area contributed by atoms with Crippen molar-refractivity contribution in [3.05, 3.63) is 35.4 Å². The highest BCUT2D eigenvalue weighted by atomic mass is 32.2. The first-order valence-electron chi connectivity index (χ1n) is 7.94. The maximum absolute atomic E-state index is 12.4. The number of rotatable bonds is 3. The Morgan fingerprint density at radius 1 is 1.17 bits per heavy atom. The molecule has 0 amide bonds. The van der Waals surface area contributed by atoms with Gasteiger partial charge in [0, 0.05) is 6.54 Å². The fraction of sp³-hybridized carbons (Fsp3) is 0.471. The van der Waals surface area contributed by atoms with E-state index in [9.17, 15) is 13.2 Å². The van der Waals surface area contributed by atoms with E-state index in [0.29, 0.717) is 24.2 Å². The van der Waals surface area contributed by atoms with Gasteiger partial charge in [-0.1, -0.05) is 6.08 Å². The number of esters is 1.